The molecule has 0 saturated heterocycles. The number of ether oxygens (including phenoxy) is 1. The summed E-state index contributed by atoms with van der Waals surface area (Å²) in [4.78, 5) is 0.188. The van der Waals surface area contributed by atoms with Gasteiger partial charge in [0.1, 0.15) is 10.6 Å². The van der Waals surface area contributed by atoms with Crippen LogP contribution in [0, 0.1) is 0 Å². The molecule has 4 nitrogen and oxygen atoms in total. The van der Waals surface area contributed by atoms with Gasteiger partial charge < -0.3 is 4.74 Å². The van der Waals surface area contributed by atoms with Gasteiger partial charge in [0.05, 0.1) is 7.11 Å². The molecular formula is C13H20BrNO3S2. The van der Waals surface area contributed by atoms with Crippen LogP contribution in [0.3, 0.4) is 0 Å². The van der Waals surface area contributed by atoms with Gasteiger partial charge in [-0.15, -0.1) is 0 Å². The van der Waals surface area contributed by atoms with Gasteiger partial charge in [0.15, 0.2) is 0 Å². The first-order valence-electron chi connectivity index (χ1n) is 6.15. The third-order valence-corrected chi connectivity index (χ3v) is 6.27. The van der Waals surface area contributed by atoms with Crippen LogP contribution in [-0.4, -0.2) is 44.9 Å². The van der Waals surface area contributed by atoms with Gasteiger partial charge in [-0.1, -0.05) is 15.9 Å². The van der Waals surface area contributed by atoms with Gasteiger partial charge in [0.25, 0.3) is 0 Å². The van der Waals surface area contributed by atoms with Crippen molar-refractivity contribution in [2.45, 2.75) is 24.3 Å². The fourth-order valence-corrected chi connectivity index (χ4v) is 4.37. The van der Waals surface area contributed by atoms with Gasteiger partial charge >= 0.3 is 0 Å². The molecule has 0 aliphatic heterocycles. The molecule has 20 heavy (non-hydrogen) atoms. The SMILES string of the molecule is COc1ccc(Br)cc1S(=O)(=O)N(C)C(C)CCSC. The van der Waals surface area contributed by atoms with Crippen LogP contribution in [0.15, 0.2) is 27.6 Å². The molecular weight excluding hydrogens is 362 g/mol. The highest BCUT2D eigenvalue weighted by Crippen LogP contribution is 2.30. The second kappa shape index (κ2) is 7.68. The van der Waals surface area contributed by atoms with Gasteiger partial charge in [-0.25, -0.2) is 8.42 Å². The summed E-state index contributed by atoms with van der Waals surface area (Å²) in [7, 11) is -0.481. The van der Waals surface area contributed by atoms with E-state index in [-0.39, 0.29) is 10.9 Å². The molecule has 0 aliphatic carbocycles. The van der Waals surface area contributed by atoms with Crippen molar-refractivity contribution in [1.29, 1.82) is 0 Å². The van der Waals surface area contributed by atoms with Crippen LogP contribution in [0.25, 0.3) is 0 Å². The smallest absolute Gasteiger partial charge is 0.246 e. The monoisotopic (exact) mass is 381 g/mol. The maximum absolute atomic E-state index is 12.7. The van der Waals surface area contributed by atoms with Gasteiger partial charge in [0, 0.05) is 17.6 Å². The Morgan fingerprint density at radius 3 is 2.65 bits per heavy atom. The minimum Gasteiger partial charge on any atom is -0.495 e. The average Bonchev–Trinajstić information content (AvgIpc) is 2.43. The van der Waals surface area contributed by atoms with Crippen molar-refractivity contribution in [3.8, 4) is 5.75 Å². The maximum atomic E-state index is 12.7. The lowest BCUT2D eigenvalue weighted by atomic mass is 10.3. The number of benzene rings is 1. The highest BCUT2D eigenvalue weighted by atomic mass is 79.9. The molecule has 0 fully saturated rings. The van der Waals surface area contributed by atoms with E-state index in [9.17, 15) is 8.42 Å². The van der Waals surface area contributed by atoms with Crippen LogP contribution in [-0.2, 0) is 10.0 Å². The standard InChI is InChI=1S/C13H20BrNO3S2/c1-10(7-8-19-4)15(2)20(16,17)13-9-11(14)5-6-12(13)18-3/h5-6,9-10H,7-8H2,1-4H3. The fourth-order valence-electron chi connectivity index (χ4n) is 1.71. The first kappa shape index (κ1) is 17.8. The quantitative estimate of drug-likeness (QED) is 0.727. The first-order valence-corrected chi connectivity index (χ1v) is 9.77. The lowest BCUT2D eigenvalue weighted by Gasteiger charge is -2.25. The van der Waals surface area contributed by atoms with Gasteiger partial charge in [-0.2, -0.15) is 16.1 Å². The molecule has 1 aromatic rings. The molecule has 0 bridgehead atoms. The predicted molar refractivity (Wildman–Crippen MR) is 88.1 cm³/mol. The van der Waals surface area contributed by atoms with E-state index in [2.05, 4.69) is 15.9 Å². The molecule has 0 N–H and O–H groups in total. The Balaban J connectivity index is 3.12. The summed E-state index contributed by atoms with van der Waals surface area (Å²) in [5.41, 5.74) is 0. The number of halogens is 1. The van der Waals surface area contributed by atoms with Crippen LogP contribution < -0.4 is 4.74 Å². The van der Waals surface area contributed by atoms with Gasteiger partial charge in [-0.05, 0) is 43.6 Å². The van der Waals surface area contributed by atoms with Crippen molar-refractivity contribution < 1.29 is 13.2 Å². The molecule has 1 rings (SSSR count). The Kier molecular flexibility index (Phi) is 6.84. The molecule has 1 unspecified atom stereocenters. The van der Waals surface area contributed by atoms with E-state index in [0.29, 0.717) is 10.2 Å². The number of methoxy groups -OCH3 is 1. The number of nitrogens with zero attached hydrogens (tertiary/aromatic N) is 1. The Morgan fingerprint density at radius 1 is 1.45 bits per heavy atom. The van der Waals surface area contributed by atoms with Crippen LogP contribution in [0.2, 0.25) is 0 Å². The topological polar surface area (TPSA) is 46.6 Å². The minimum absolute atomic E-state index is 0.0591. The second-order valence-electron chi connectivity index (χ2n) is 4.45. The summed E-state index contributed by atoms with van der Waals surface area (Å²) in [6.07, 6.45) is 2.83. The zero-order valence-corrected chi connectivity index (χ0v) is 15.3. The molecule has 0 aliphatic rings. The lowest BCUT2D eigenvalue weighted by Crippen LogP contribution is -2.35. The molecule has 7 heteroatoms. The zero-order valence-electron chi connectivity index (χ0n) is 12.1. The zero-order chi connectivity index (χ0) is 15.3. The molecule has 114 valence electrons. The third kappa shape index (κ3) is 4.13. The van der Waals surface area contributed by atoms with E-state index in [1.54, 1.807) is 37.0 Å². The van der Waals surface area contributed by atoms with Crippen LogP contribution >= 0.6 is 27.7 Å². The summed E-state index contributed by atoms with van der Waals surface area (Å²) >= 11 is 5.01. The van der Waals surface area contributed by atoms with Crippen LogP contribution in [0.5, 0.6) is 5.75 Å². The molecule has 1 atom stereocenters. The first-order chi connectivity index (χ1) is 9.34. The van der Waals surface area contributed by atoms with E-state index in [1.165, 1.54) is 11.4 Å². The normalized spacial score (nSPS) is 13.5. The summed E-state index contributed by atoms with van der Waals surface area (Å²) < 4.78 is 32.7. The number of thioether (sulfide) groups is 1. The van der Waals surface area contributed by atoms with E-state index < -0.39 is 10.0 Å². The number of hydrogen-bond donors (Lipinski definition) is 0. The Hall–Kier alpha value is -0.240. The summed E-state index contributed by atoms with van der Waals surface area (Å²) in [5.74, 6) is 1.29. The molecule has 0 saturated carbocycles. The van der Waals surface area contributed by atoms with Gasteiger partial charge in [-0.3, -0.25) is 0 Å². The van der Waals surface area contributed by atoms with E-state index >= 15 is 0 Å². The summed E-state index contributed by atoms with van der Waals surface area (Å²) in [6.45, 7) is 1.91. The largest absolute Gasteiger partial charge is 0.495 e. The Morgan fingerprint density at radius 2 is 2.10 bits per heavy atom. The molecule has 0 heterocycles. The third-order valence-electron chi connectivity index (χ3n) is 3.14. The van der Waals surface area contributed by atoms with Crippen molar-refractivity contribution in [2.24, 2.45) is 0 Å². The Bertz CT molecular complexity index is 549. The lowest BCUT2D eigenvalue weighted by molar-refractivity contribution is 0.372. The van der Waals surface area contributed by atoms with Crippen LogP contribution in [0.1, 0.15) is 13.3 Å². The number of rotatable bonds is 7. The number of hydrogen-bond acceptors (Lipinski definition) is 4. The molecule has 1 aromatic carbocycles. The Labute approximate surface area is 134 Å². The number of sulfonamides is 1. The summed E-state index contributed by atoms with van der Waals surface area (Å²) in [5, 5.41) is 0. The fraction of sp³-hybridized carbons (Fsp3) is 0.538. The van der Waals surface area contributed by atoms with E-state index in [0.717, 1.165) is 12.2 Å². The van der Waals surface area contributed by atoms with E-state index in [1.807, 2.05) is 13.2 Å². The maximum Gasteiger partial charge on any atom is 0.246 e. The van der Waals surface area contributed by atoms with Crippen molar-refractivity contribution in [1.82, 2.24) is 4.31 Å². The molecule has 0 amide bonds. The predicted octanol–water partition coefficient (Wildman–Crippen LogP) is 3.22. The highest BCUT2D eigenvalue weighted by Gasteiger charge is 2.28. The van der Waals surface area contributed by atoms with Crippen molar-refractivity contribution in [3.63, 3.8) is 0 Å². The van der Waals surface area contributed by atoms with Crippen molar-refractivity contribution in [3.05, 3.63) is 22.7 Å². The molecule has 0 aromatic heterocycles. The van der Waals surface area contributed by atoms with Crippen molar-refractivity contribution in [2.75, 3.05) is 26.2 Å². The second-order valence-corrected chi connectivity index (χ2v) is 8.31. The minimum atomic E-state index is -3.56. The van der Waals surface area contributed by atoms with Gasteiger partial charge in [0.2, 0.25) is 10.0 Å². The summed E-state index contributed by atoms with van der Waals surface area (Å²) in [6, 6.07) is 4.93. The van der Waals surface area contributed by atoms with Crippen LogP contribution in [0.4, 0.5) is 0 Å². The molecule has 0 spiro atoms. The average molecular weight is 382 g/mol. The highest BCUT2D eigenvalue weighted by molar-refractivity contribution is 9.10. The van der Waals surface area contributed by atoms with E-state index in [4.69, 9.17) is 4.74 Å². The van der Waals surface area contributed by atoms with Crippen molar-refractivity contribution >= 4 is 37.7 Å². The molecule has 0 radical (unpaired) electrons.